The van der Waals surface area contributed by atoms with Crippen molar-refractivity contribution in [3.63, 3.8) is 0 Å². The van der Waals surface area contributed by atoms with Gasteiger partial charge in [-0.25, -0.2) is 4.68 Å². The Morgan fingerprint density at radius 2 is 1.77 bits per heavy atom. The Kier molecular flexibility index (Phi) is 4.35. The number of thiophene rings is 1. The van der Waals surface area contributed by atoms with Crippen molar-refractivity contribution >= 4 is 27.5 Å². The van der Waals surface area contributed by atoms with Gasteiger partial charge in [-0.1, -0.05) is 31.5 Å². The highest BCUT2D eigenvalue weighted by Gasteiger charge is 2.28. The van der Waals surface area contributed by atoms with E-state index in [0.717, 1.165) is 39.6 Å². The zero-order chi connectivity index (χ0) is 18.4. The molecule has 0 aliphatic carbocycles. The lowest BCUT2D eigenvalue weighted by Gasteiger charge is -2.34. The highest BCUT2D eigenvalue weighted by atomic mass is 32.1. The second-order valence-electron chi connectivity index (χ2n) is 7.82. The maximum atomic E-state index is 13.1. The Balaban J connectivity index is 1.70. The first kappa shape index (κ1) is 17.3. The van der Waals surface area contributed by atoms with Crippen LogP contribution in [0.3, 0.4) is 0 Å². The van der Waals surface area contributed by atoms with E-state index in [-0.39, 0.29) is 5.91 Å². The van der Waals surface area contributed by atoms with Crippen molar-refractivity contribution in [2.45, 2.75) is 34.1 Å². The average molecular weight is 368 g/mol. The molecule has 0 spiro atoms. The summed E-state index contributed by atoms with van der Waals surface area (Å²) in [5.41, 5.74) is 3.23. The molecule has 1 aromatic carbocycles. The number of amides is 1. The highest BCUT2D eigenvalue weighted by molar-refractivity contribution is 7.20. The Bertz CT molecular complexity index is 944. The second kappa shape index (κ2) is 6.54. The van der Waals surface area contributed by atoms with Crippen LogP contribution in [0, 0.1) is 25.7 Å². The molecule has 1 fully saturated rings. The fourth-order valence-corrected chi connectivity index (χ4v) is 5.15. The van der Waals surface area contributed by atoms with Gasteiger partial charge in [0, 0.05) is 18.5 Å². The third-order valence-corrected chi connectivity index (χ3v) is 6.29. The van der Waals surface area contributed by atoms with Gasteiger partial charge in [-0.15, -0.1) is 11.3 Å². The van der Waals surface area contributed by atoms with Crippen molar-refractivity contribution in [3.8, 4) is 5.69 Å². The molecule has 4 rings (SSSR count). The first-order valence-electron chi connectivity index (χ1n) is 9.28. The molecule has 5 heteroatoms. The summed E-state index contributed by atoms with van der Waals surface area (Å²) in [6.07, 6.45) is 1.21. The lowest BCUT2D eigenvalue weighted by molar-refractivity contribution is 0.0628. The maximum absolute atomic E-state index is 13.1. The lowest BCUT2D eigenvalue weighted by atomic mass is 9.92. The van der Waals surface area contributed by atoms with Crippen LogP contribution >= 0.6 is 11.3 Å². The van der Waals surface area contributed by atoms with Crippen LogP contribution in [0.5, 0.6) is 0 Å². The Morgan fingerprint density at radius 1 is 1.12 bits per heavy atom. The van der Waals surface area contributed by atoms with Crippen LogP contribution < -0.4 is 0 Å². The molecule has 1 saturated heterocycles. The van der Waals surface area contributed by atoms with Crippen molar-refractivity contribution in [1.82, 2.24) is 14.7 Å². The molecule has 0 bridgehead atoms. The van der Waals surface area contributed by atoms with Crippen molar-refractivity contribution < 1.29 is 4.79 Å². The summed E-state index contributed by atoms with van der Waals surface area (Å²) in [5, 5.41) is 5.77. The molecule has 3 aromatic rings. The number of aromatic nitrogens is 2. The number of piperidine rings is 1. The molecule has 2 unspecified atom stereocenters. The predicted molar refractivity (Wildman–Crippen MR) is 107 cm³/mol. The van der Waals surface area contributed by atoms with E-state index in [2.05, 4.69) is 50.1 Å². The van der Waals surface area contributed by atoms with E-state index in [1.165, 1.54) is 12.0 Å². The van der Waals surface area contributed by atoms with Crippen LogP contribution in [-0.2, 0) is 0 Å². The first-order chi connectivity index (χ1) is 12.4. The van der Waals surface area contributed by atoms with Gasteiger partial charge in [0.05, 0.1) is 16.3 Å². The molecule has 0 saturated carbocycles. The number of likely N-dealkylation sites (tertiary alicyclic amines) is 1. The number of carbonyl (C=O) groups is 1. The molecule has 0 N–H and O–H groups in total. The summed E-state index contributed by atoms with van der Waals surface area (Å²) < 4.78 is 1.97. The van der Waals surface area contributed by atoms with E-state index in [9.17, 15) is 4.79 Å². The Morgan fingerprint density at radius 3 is 2.42 bits per heavy atom. The molecular formula is C21H25N3OS. The van der Waals surface area contributed by atoms with Gasteiger partial charge in [-0.2, -0.15) is 5.10 Å². The summed E-state index contributed by atoms with van der Waals surface area (Å²) in [5.74, 6) is 1.31. The van der Waals surface area contributed by atoms with Gasteiger partial charge in [0.15, 0.2) is 0 Å². The van der Waals surface area contributed by atoms with Crippen LogP contribution in [0.2, 0.25) is 0 Å². The first-order valence-corrected chi connectivity index (χ1v) is 10.1. The molecule has 2 atom stereocenters. The predicted octanol–water partition coefficient (Wildman–Crippen LogP) is 4.82. The van der Waals surface area contributed by atoms with Gasteiger partial charge in [0.1, 0.15) is 4.83 Å². The van der Waals surface area contributed by atoms with E-state index >= 15 is 0 Å². The largest absolute Gasteiger partial charge is 0.337 e. The Hall–Kier alpha value is -2.14. The molecular weight excluding hydrogens is 342 g/mol. The van der Waals surface area contributed by atoms with Crippen LogP contribution in [0.15, 0.2) is 30.3 Å². The van der Waals surface area contributed by atoms with Crippen molar-refractivity contribution in [2.75, 3.05) is 13.1 Å². The SMILES string of the molecule is Cc1ccc(-n2nc(C)c3cc(C(=O)N4CC(C)CC(C)C4)sc32)cc1. The number of hydrogen-bond donors (Lipinski definition) is 0. The molecule has 26 heavy (non-hydrogen) atoms. The van der Waals surface area contributed by atoms with E-state index in [0.29, 0.717) is 11.8 Å². The van der Waals surface area contributed by atoms with Crippen LogP contribution in [0.4, 0.5) is 0 Å². The number of rotatable bonds is 2. The third-order valence-electron chi connectivity index (χ3n) is 5.19. The zero-order valence-corrected chi connectivity index (χ0v) is 16.6. The topological polar surface area (TPSA) is 38.1 Å². The molecule has 0 radical (unpaired) electrons. The fraction of sp³-hybridized carbons (Fsp3) is 0.429. The number of benzene rings is 1. The monoisotopic (exact) mass is 367 g/mol. The van der Waals surface area contributed by atoms with Gasteiger partial charge < -0.3 is 4.90 Å². The van der Waals surface area contributed by atoms with Crippen molar-refractivity contribution in [3.05, 3.63) is 46.5 Å². The quantitative estimate of drug-likeness (QED) is 0.651. The number of aryl methyl sites for hydroxylation is 2. The summed E-state index contributed by atoms with van der Waals surface area (Å²) in [4.78, 5) is 17.0. The number of fused-ring (bicyclic) bond motifs is 1. The molecule has 1 aliphatic heterocycles. The molecule has 1 aliphatic rings. The van der Waals surface area contributed by atoms with Crippen LogP contribution in [0.1, 0.15) is 41.2 Å². The van der Waals surface area contributed by atoms with Gasteiger partial charge >= 0.3 is 0 Å². The van der Waals surface area contributed by atoms with Crippen LogP contribution in [-0.4, -0.2) is 33.7 Å². The summed E-state index contributed by atoms with van der Waals surface area (Å²) in [6.45, 7) is 10.3. The highest BCUT2D eigenvalue weighted by Crippen LogP contribution is 2.32. The third kappa shape index (κ3) is 3.05. The number of carbonyl (C=O) groups excluding carboxylic acids is 1. The Labute approximate surface area is 158 Å². The molecule has 136 valence electrons. The minimum Gasteiger partial charge on any atom is -0.337 e. The summed E-state index contributed by atoms with van der Waals surface area (Å²) >= 11 is 1.56. The minimum absolute atomic E-state index is 0.166. The molecule has 1 amide bonds. The van der Waals surface area contributed by atoms with E-state index in [1.807, 2.05) is 22.6 Å². The summed E-state index contributed by atoms with van der Waals surface area (Å²) in [7, 11) is 0. The van der Waals surface area contributed by atoms with Gasteiger partial charge in [0.25, 0.3) is 5.91 Å². The fourth-order valence-electron chi connectivity index (χ4n) is 4.00. The summed E-state index contributed by atoms with van der Waals surface area (Å²) in [6, 6.07) is 10.4. The number of nitrogens with zero attached hydrogens (tertiary/aromatic N) is 3. The van der Waals surface area contributed by atoms with E-state index in [4.69, 9.17) is 0 Å². The molecule has 4 nitrogen and oxygen atoms in total. The van der Waals surface area contributed by atoms with Crippen molar-refractivity contribution in [2.24, 2.45) is 11.8 Å². The van der Waals surface area contributed by atoms with E-state index < -0.39 is 0 Å². The van der Waals surface area contributed by atoms with Gasteiger partial charge in [0.2, 0.25) is 0 Å². The van der Waals surface area contributed by atoms with Gasteiger partial charge in [-0.3, -0.25) is 4.79 Å². The normalized spacial score (nSPS) is 20.7. The van der Waals surface area contributed by atoms with Crippen LogP contribution in [0.25, 0.3) is 15.9 Å². The molecule has 3 heterocycles. The zero-order valence-electron chi connectivity index (χ0n) is 15.8. The standard InChI is InChI=1S/C21H25N3OS/c1-13-5-7-17(8-6-13)24-21-18(16(4)22-24)10-19(26-21)20(25)23-11-14(2)9-15(3)12-23/h5-8,10,14-15H,9,11-12H2,1-4H3. The smallest absolute Gasteiger partial charge is 0.264 e. The van der Waals surface area contributed by atoms with E-state index in [1.54, 1.807) is 11.3 Å². The second-order valence-corrected chi connectivity index (χ2v) is 8.85. The maximum Gasteiger partial charge on any atom is 0.264 e. The number of hydrogen-bond acceptors (Lipinski definition) is 3. The molecule has 2 aromatic heterocycles. The average Bonchev–Trinajstić information content (AvgIpc) is 3.15. The van der Waals surface area contributed by atoms with Gasteiger partial charge in [-0.05, 0) is 50.3 Å². The lowest BCUT2D eigenvalue weighted by Crippen LogP contribution is -2.42. The van der Waals surface area contributed by atoms with Crippen molar-refractivity contribution in [1.29, 1.82) is 0 Å². The minimum atomic E-state index is 0.166.